The molecule has 0 unspecified atom stereocenters. The Morgan fingerprint density at radius 3 is 2.00 bits per heavy atom. The monoisotopic (exact) mass is 198 g/mol. The lowest BCUT2D eigenvalue weighted by Gasteiger charge is -2.16. The third-order valence-corrected chi connectivity index (χ3v) is 0.996. The highest BCUT2D eigenvalue weighted by molar-refractivity contribution is 5.72. The van der Waals surface area contributed by atoms with Gasteiger partial charge in [0.15, 0.2) is 0 Å². The van der Waals surface area contributed by atoms with E-state index >= 15 is 0 Å². The average Bonchev–Trinajstić information content (AvgIpc) is 2.05. The molecular formula is C7H12F2O4. The molecule has 0 aliphatic heterocycles. The second-order valence-electron chi connectivity index (χ2n) is 1.94. The van der Waals surface area contributed by atoms with Gasteiger partial charge in [-0.05, 0) is 13.8 Å². The number of ether oxygens (including phenoxy) is 3. The summed E-state index contributed by atoms with van der Waals surface area (Å²) in [6.07, 6.45) is -3.16. The Bertz CT molecular complexity index is 145. The topological polar surface area (TPSA) is 44.8 Å². The maximum atomic E-state index is 11.7. The summed E-state index contributed by atoms with van der Waals surface area (Å²) in [4.78, 5) is 10.4. The quantitative estimate of drug-likeness (QED) is 0.474. The summed E-state index contributed by atoms with van der Waals surface area (Å²) in [5, 5.41) is 0. The molecular weight excluding hydrogens is 186 g/mol. The minimum absolute atomic E-state index is 0.210. The first kappa shape index (κ1) is 12.2. The second-order valence-corrected chi connectivity index (χ2v) is 1.94. The van der Waals surface area contributed by atoms with Gasteiger partial charge in [0.2, 0.25) is 0 Å². The van der Waals surface area contributed by atoms with Crippen LogP contribution in [0.5, 0.6) is 0 Å². The summed E-state index contributed by atoms with van der Waals surface area (Å²) in [5.74, 6) is -1.65. The van der Waals surface area contributed by atoms with Gasteiger partial charge in [0.1, 0.15) is 0 Å². The number of carbonyl (C=O) groups is 1. The fraction of sp³-hybridized carbons (Fsp3) is 0.857. The van der Waals surface area contributed by atoms with Crippen molar-refractivity contribution in [3.05, 3.63) is 0 Å². The van der Waals surface area contributed by atoms with Crippen molar-refractivity contribution in [2.24, 2.45) is 0 Å². The van der Waals surface area contributed by atoms with Crippen LogP contribution in [-0.4, -0.2) is 32.1 Å². The van der Waals surface area contributed by atoms with Crippen molar-refractivity contribution in [3.63, 3.8) is 0 Å². The van der Waals surface area contributed by atoms with Gasteiger partial charge < -0.3 is 14.2 Å². The maximum Gasteiger partial charge on any atom is 0.377 e. The molecule has 0 amide bonds. The average molecular weight is 198 g/mol. The van der Waals surface area contributed by atoms with Crippen LogP contribution in [0.1, 0.15) is 13.8 Å². The van der Waals surface area contributed by atoms with Crippen LogP contribution in [0.2, 0.25) is 0 Å². The molecule has 0 rings (SSSR count). The van der Waals surface area contributed by atoms with Gasteiger partial charge in [-0.15, -0.1) is 0 Å². The Morgan fingerprint density at radius 1 is 1.23 bits per heavy atom. The molecule has 6 heteroatoms. The Morgan fingerprint density at radius 2 is 1.69 bits per heavy atom. The molecule has 0 saturated carbocycles. The van der Waals surface area contributed by atoms with Crippen molar-refractivity contribution in [2.75, 3.05) is 13.2 Å². The number of hydrogen-bond acceptors (Lipinski definition) is 4. The summed E-state index contributed by atoms with van der Waals surface area (Å²) in [6, 6.07) is 0. The minimum atomic E-state index is -3.16. The highest BCUT2D eigenvalue weighted by Crippen LogP contribution is 2.03. The van der Waals surface area contributed by atoms with Gasteiger partial charge in [-0.1, -0.05) is 0 Å². The molecule has 0 fully saturated rings. The third kappa shape index (κ3) is 5.48. The zero-order valence-corrected chi connectivity index (χ0v) is 7.46. The Hall–Kier alpha value is -0.750. The molecule has 0 bridgehead atoms. The predicted octanol–water partition coefficient (Wildman–Crippen LogP) is 1.15. The largest absolute Gasteiger partial charge is 0.406 e. The van der Waals surface area contributed by atoms with Crippen molar-refractivity contribution in [3.8, 4) is 0 Å². The van der Waals surface area contributed by atoms with E-state index in [9.17, 15) is 13.6 Å². The molecule has 0 aromatic heterocycles. The van der Waals surface area contributed by atoms with Crippen LogP contribution in [-0.2, 0) is 19.0 Å². The smallest absolute Gasteiger partial charge is 0.377 e. The lowest BCUT2D eigenvalue weighted by atomic mass is 10.7. The summed E-state index contributed by atoms with van der Waals surface area (Å²) in [5.41, 5.74) is 0. The summed E-state index contributed by atoms with van der Waals surface area (Å²) in [6.45, 7) is 2.34. The third-order valence-electron chi connectivity index (χ3n) is 0.996. The highest BCUT2D eigenvalue weighted by atomic mass is 19.3. The van der Waals surface area contributed by atoms with Gasteiger partial charge in [0, 0.05) is 0 Å². The molecule has 0 N–H and O–H groups in total. The number of esters is 1. The number of halogens is 2. The van der Waals surface area contributed by atoms with E-state index in [-0.39, 0.29) is 13.2 Å². The summed E-state index contributed by atoms with van der Waals surface area (Å²) in [7, 11) is 0. The molecule has 0 aliphatic rings. The molecule has 0 saturated heterocycles. The fourth-order valence-corrected chi connectivity index (χ4v) is 0.535. The molecule has 0 radical (unpaired) electrons. The van der Waals surface area contributed by atoms with E-state index in [0.29, 0.717) is 0 Å². The van der Waals surface area contributed by atoms with Crippen molar-refractivity contribution < 1.29 is 27.8 Å². The van der Waals surface area contributed by atoms with Gasteiger partial charge in [-0.25, -0.2) is 4.79 Å². The normalized spacial score (nSPS) is 10.9. The lowest BCUT2D eigenvalue weighted by Crippen LogP contribution is -2.27. The zero-order valence-electron chi connectivity index (χ0n) is 7.46. The van der Waals surface area contributed by atoms with E-state index in [1.165, 1.54) is 0 Å². The summed E-state index contributed by atoms with van der Waals surface area (Å²) < 4.78 is 36.9. The molecule has 4 nitrogen and oxygen atoms in total. The van der Waals surface area contributed by atoms with E-state index in [2.05, 4.69) is 4.74 Å². The van der Waals surface area contributed by atoms with Crippen LogP contribution in [0.4, 0.5) is 8.78 Å². The number of hydrogen-bond donors (Lipinski definition) is 0. The van der Waals surface area contributed by atoms with E-state index in [1.807, 2.05) is 0 Å². The van der Waals surface area contributed by atoms with Crippen LogP contribution in [0.15, 0.2) is 0 Å². The van der Waals surface area contributed by atoms with Gasteiger partial charge in [0.05, 0.1) is 13.2 Å². The number of rotatable bonds is 6. The molecule has 0 atom stereocenters. The number of carbonyl (C=O) groups excluding carboxylic acids is 1. The molecule has 0 spiro atoms. The van der Waals surface area contributed by atoms with Crippen LogP contribution >= 0.6 is 0 Å². The number of alkyl halides is 2. The van der Waals surface area contributed by atoms with E-state index < -0.39 is 18.9 Å². The Balaban J connectivity index is 3.86. The van der Waals surface area contributed by atoms with Gasteiger partial charge in [-0.2, -0.15) is 8.78 Å². The van der Waals surface area contributed by atoms with Gasteiger partial charge in [0.25, 0.3) is 0 Å². The van der Waals surface area contributed by atoms with E-state index in [0.717, 1.165) is 0 Å². The SMILES string of the molecule is CCOC(OCC)OC(=O)C(F)F. The van der Waals surface area contributed by atoms with Crippen LogP contribution < -0.4 is 0 Å². The first-order valence-electron chi connectivity index (χ1n) is 3.83. The molecule has 0 aliphatic carbocycles. The predicted molar refractivity (Wildman–Crippen MR) is 39.1 cm³/mol. The highest BCUT2D eigenvalue weighted by Gasteiger charge is 2.22. The van der Waals surface area contributed by atoms with Crippen LogP contribution in [0.3, 0.4) is 0 Å². The lowest BCUT2D eigenvalue weighted by molar-refractivity contribution is -0.277. The van der Waals surface area contributed by atoms with E-state index in [4.69, 9.17) is 9.47 Å². The minimum Gasteiger partial charge on any atom is -0.406 e. The van der Waals surface area contributed by atoms with Gasteiger partial charge >= 0.3 is 18.9 Å². The first-order chi connectivity index (χ1) is 6.11. The summed E-state index contributed by atoms with van der Waals surface area (Å²) >= 11 is 0. The molecule has 78 valence electrons. The Kier molecular flexibility index (Phi) is 6.34. The standard InChI is InChI=1S/C7H12F2O4/c1-3-11-7(12-4-2)13-6(10)5(8)9/h5,7H,3-4H2,1-2H3. The zero-order chi connectivity index (χ0) is 10.3. The second kappa shape index (κ2) is 6.73. The maximum absolute atomic E-state index is 11.7. The van der Waals surface area contributed by atoms with Crippen molar-refractivity contribution in [1.29, 1.82) is 0 Å². The molecule has 0 aromatic carbocycles. The first-order valence-corrected chi connectivity index (χ1v) is 3.83. The van der Waals surface area contributed by atoms with Crippen LogP contribution in [0.25, 0.3) is 0 Å². The van der Waals surface area contributed by atoms with Crippen molar-refractivity contribution in [1.82, 2.24) is 0 Å². The van der Waals surface area contributed by atoms with Crippen molar-refractivity contribution >= 4 is 5.97 Å². The molecule has 0 heterocycles. The molecule has 13 heavy (non-hydrogen) atoms. The van der Waals surface area contributed by atoms with E-state index in [1.54, 1.807) is 13.8 Å². The fourth-order valence-electron chi connectivity index (χ4n) is 0.535. The van der Waals surface area contributed by atoms with Crippen LogP contribution in [0, 0.1) is 0 Å². The van der Waals surface area contributed by atoms with Crippen molar-refractivity contribution in [2.45, 2.75) is 26.7 Å². The molecule has 0 aromatic rings. The Labute approximate surface area is 74.8 Å². The van der Waals surface area contributed by atoms with Gasteiger partial charge in [-0.3, -0.25) is 0 Å².